The lowest BCUT2D eigenvalue weighted by Crippen LogP contribution is -2.23. The van der Waals surface area contributed by atoms with Crippen LogP contribution in [0.5, 0.6) is 0 Å². The molecule has 23 heavy (non-hydrogen) atoms. The van der Waals surface area contributed by atoms with E-state index in [1.807, 2.05) is 36.5 Å². The molecule has 0 radical (unpaired) electrons. The normalized spacial score (nSPS) is 11.7. The summed E-state index contributed by atoms with van der Waals surface area (Å²) in [5, 5.41) is 8.11. The number of hydrogen-bond acceptors (Lipinski definition) is 4. The zero-order valence-electron chi connectivity index (χ0n) is 12.8. The molecule has 0 atom stereocenters. The van der Waals surface area contributed by atoms with E-state index in [9.17, 15) is 8.42 Å². The van der Waals surface area contributed by atoms with Gasteiger partial charge in [0.25, 0.3) is 0 Å². The third kappa shape index (κ3) is 3.17. The molecule has 0 bridgehead atoms. The molecule has 8 heteroatoms. The lowest BCUT2D eigenvalue weighted by atomic mass is 10.2. The predicted molar refractivity (Wildman–Crippen MR) is 85.5 cm³/mol. The van der Waals surface area contributed by atoms with E-state index < -0.39 is 10.0 Å². The number of aromatic nitrogens is 4. The minimum atomic E-state index is -3.57. The molecular formula is C15H17N5O2S. The molecule has 7 nitrogen and oxygen atoms in total. The maximum absolute atomic E-state index is 12.3. The van der Waals surface area contributed by atoms with Gasteiger partial charge in [-0.1, -0.05) is 12.1 Å². The molecule has 0 unspecified atom stereocenters. The number of sulfonamides is 1. The van der Waals surface area contributed by atoms with E-state index in [-0.39, 0.29) is 11.4 Å². The van der Waals surface area contributed by atoms with Gasteiger partial charge in [-0.15, -0.1) is 0 Å². The lowest BCUT2D eigenvalue weighted by molar-refractivity contribution is 0.580. The van der Waals surface area contributed by atoms with Crippen molar-refractivity contribution in [2.75, 3.05) is 0 Å². The Labute approximate surface area is 134 Å². The Morgan fingerprint density at radius 3 is 2.48 bits per heavy atom. The molecule has 3 rings (SSSR count). The Bertz CT molecular complexity index is 896. The smallest absolute Gasteiger partial charge is 0.244 e. The van der Waals surface area contributed by atoms with Crippen molar-refractivity contribution < 1.29 is 8.42 Å². The van der Waals surface area contributed by atoms with Crippen molar-refractivity contribution in [3.05, 3.63) is 60.2 Å². The van der Waals surface area contributed by atoms with Crippen LogP contribution in [0.1, 0.15) is 11.3 Å². The first-order valence-corrected chi connectivity index (χ1v) is 8.53. The molecule has 0 aliphatic rings. The largest absolute Gasteiger partial charge is 0.272 e. The summed E-state index contributed by atoms with van der Waals surface area (Å²) in [5.41, 5.74) is 2.39. The quantitative estimate of drug-likeness (QED) is 0.766. The first-order chi connectivity index (χ1) is 11.0. The van der Waals surface area contributed by atoms with Gasteiger partial charge in [-0.05, 0) is 30.7 Å². The fourth-order valence-corrected chi connectivity index (χ4v) is 3.41. The summed E-state index contributed by atoms with van der Waals surface area (Å²) in [6.07, 6.45) is 4.92. The highest BCUT2D eigenvalue weighted by Crippen LogP contribution is 2.14. The number of hydrogen-bond donors (Lipinski definition) is 1. The van der Waals surface area contributed by atoms with E-state index in [0.29, 0.717) is 5.69 Å². The summed E-state index contributed by atoms with van der Waals surface area (Å²) >= 11 is 0. The van der Waals surface area contributed by atoms with Gasteiger partial charge in [0.2, 0.25) is 10.0 Å². The summed E-state index contributed by atoms with van der Waals surface area (Å²) in [5.74, 6) is 0. The molecule has 0 saturated heterocycles. The Kier molecular flexibility index (Phi) is 4.01. The average molecular weight is 331 g/mol. The molecular weight excluding hydrogens is 314 g/mol. The van der Waals surface area contributed by atoms with E-state index in [1.165, 1.54) is 10.9 Å². The van der Waals surface area contributed by atoms with Crippen LogP contribution < -0.4 is 4.72 Å². The van der Waals surface area contributed by atoms with E-state index in [4.69, 9.17) is 0 Å². The molecule has 0 amide bonds. The van der Waals surface area contributed by atoms with Gasteiger partial charge in [0, 0.05) is 26.0 Å². The number of aryl methyl sites for hydroxylation is 1. The molecule has 0 spiro atoms. The SMILES string of the molecule is Cc1c(S(=O)(=O)NCc2ccc(-n3cccn3)cc2)cnn1C. The molecule has 2 aromatic heterocycles. The number of benzene rings is 1. The number of nitrogens with one attached hydrogen (secondary N) is 1. The molecule has 1 N–H and O–H groups in total. The third-order valence-corrected chi connectivity index (χ3v) is 5.16. The first-order valence-electron chi connectivity index (χ1n) is 7.04. The van der Waals surface area contributed by atoms with E-state index >= 15 is 0 Å². The van der Waals surface area contributed by atoms with Crippen molar-refractivity contribution >= 4 is 10.0 Å². The van der Waals surface area contributed by atoms with Gasteiger partial charge in [0.05, 0.1) is 17.6 Å². The van der Waals surface area contributed by atoms with Gasteiger partial charge in [0.1, 0.15) is 4.90 Å². The summed E-state index contributed by atoms with van der Waals surface area (Å²) in [7, 11) is -1.86. The van der Waals surface area contributed by atoms with Crippen LogP contribution in [0.25, 0.3) is 5.69 Å². The van der Waals surface area contributed by atoms with Crippen LogP contribution in [0.4, 0.5) is 0 Å². The second kappa shape index (κ2) is 5.98. The molecule has 1 aromatic carbocycles. The molecule has 0 aliphatic heterocycles. The Morgan fingerprint density at radius 1 is 1.17 bits per heavy atom. The Balaban J connectivity index is 1.72. The van der Waals surface area contributed by atoms with Gasteiger partial charge in [0.15, 0.2) is 0 Å². The van der Waals surface area contributed by atoms with Crippen LogP contribution >= 0.6 is 0 Å². The van der Waals surface area contributed by atoms with Gasteiger partial charge in [-0.3, -0.25) is 4.68 Å². The number of nitrogens with zero attached hydrogens (tertiary/aromatic N) is 4. The molecule has 3 aromatic rings. The van der Waals surface area contributed by atoms with Crippen LogP contribution in [0.3, 0.4) is 0 Å². The molecule has 0 aliphatic carbocycles. The maximum atomic E-state index is 12.3. The summed E-state index contributed by atoms with van der Waals surface area (Å²) in [6.45, 7) is 1.94. The Hall–Kier alpha value is -2.45. The Morgan fingerprint density at radius 2 is 1.91 bits per heavy atom. The summed E-state index contributed by atoms with van der Waals surface area (Å²) in [4.78, 5) is 0.202. The van der Waals surface area contributed by atoms with Crippen molar-refractivity contribution in [2.24, 2.45) is 7.05 Å². The van der Waals surface area contributed by atoms with Gasteiger partial charge < -0.3 is 0 Å². The highest BCUT2D eigenvalue weighted by Gasteiger charge is 2.19. The standard InChI is InChI=1S/C15H17N5O2S/c1-12-15(11-17-19(12)2)23(21,22)18-10-13-4-6-14(7-5-13)20-9-3-8-16-20/h3-9,11,18H,10H2,1-2H3. The lowest BCUT2D eigenvalue weighted by Gasteiger charge is -2.07. The van der Waals surface area contributed by atoms with Gasteiger partial charge >= 0.3 is 0 Å². The molecule has 2 heterocycles. The number of rotatable bonds is 5. The first kappa shape index (κ1) is 15.4. The van der Waals surface area contributed by atoms with E-state index in [0.717, 1.165) is 11.3 Å². The van der Waals surface area contributed by atoms with Crippen molar-refractivity contribution in [2.45, 2.75) is 18.4 Å². The average Bonchev–Trinajstić information content (AvgIpc) is 3.17. The van der Waals surface area contributed by atoms with Crippen LogP contribution in [0.15, 0.2) is 53.8 Å². The van der Waals surface area contributed by atoms with Crippen LogP contribution in [0, 0.1) is 6.92 Å². The van der Waals surface area contributed by atoms with Crippen molar-refractivity contribution in [1.29, 1.82) is 0 Å². The molecule has 0 fully saturated rings. The topological polar surface area (TPSA) is 81.8 Å². The second-order valence-electron chi connectivity index (χ2n) is 5.16. The second-order valence-corrected chi connectivity index (χ2v) is 6.89. The van der Waals surface area contributed by atoms with Crippen molar-refractivity contribution in [3.63, 3.8) is 0 Å². The van der Waals surface area contributed by atoms with Gasteiger partial charge in [-0.25, -0.2) is 17.8 Å². The fourth-order valence-electron chi connectivity index (χ4n) is 2.19. The zero-order chi connectivity index (χ0) is 16.4. The predicted octanol–water partition coefficient (Wildman–Crippen LogP) is 1.39. The molecule has 120 valence electrons. The maximum Gasteiger partial charge on any atom is 0.244 e. The van der Waals surface area contributed by atoms with Crippen LogP contribution in [-0.4, -0.2) is 28.0 Å². The van der Waals surface area contributed by atoms with Crippen molar-refractivity contribution in [3.8, 4) is 5.69 Å². The fraction of sp³-hybridized carbons (Fsp3) is 0.200. The van der Waals surface area contributed by atoms with E-state index in [2.05, 4.69) is 14.9 Å². The van der Waals surface area contributed by atoms with Crippen LogP contribution in [0.2, 0.25) is 0 Å². The highest BCUT2D eigenvalue weighted by atomic mass is 32.2. The zero-order valence-corrected chi connectivity index (χ0v) is 13.7. The van der Waals surface area contributed by atoms with E-state index in [1.54, 1.807) is 24.9 Å². The monoisotopic (exact) mass is 331 g/mol. The van der Waals surface area contributed by atoms with Crippen molar-refractivity contribution in [1.82, 2.24) is 24.3 Å². The third-order valence-electron chi connectivity index (χ3n) is 3.65. The van der Waals surface area contributed by atoms with Crippen LogP contribution in [-0.2, 0) is 23.6 Å². The minimum Gasteiger partial charge on any atom is -0.272 e. The molecule has 0 saturated carbocycles. The summed E-state index contributed by atoms with van der Waals surface area (Å²) < 4.78 is 30.5. The highest BCUT2D eigenvalue weighted by molar-refractivity contribution is 7.89. The summed E-state index contributed by atoms with van der Waals surface area (Å²) in [6, 6.07) is 9.38. The minimum absolute atomic E-state index is 0.202. The van der Waals surface area contributed by atoms with Gasteiger partial charge in [-0.2, -0.15) is 10.2 Å².